The summed E-state index contributed by atoms with van der Waals surface area (Å²) < 4.78 is 1.06. The van der Waals surface area contributed by atoms with Gasteiger partial charge in [0.05, 0.1) is 6.04 Å². The molecule has 2 aromatic rings. The molecule has 0 radical (unpaired) electrons. The molecule has 0 aliphatic carbocycles. The summed E-state index contributed by atoms with van der Waals surface area (Å²) in [6, 6.07) is 18.4. The summed E-state index contributed by atoms with van der Waals surface area (Å²) in [4.78, 5) is 17.5. The second-order valence-corrected chi connectivity index (χ2v) is 8.08. The Hall–Kier alpha value is -1.69. The zero-order valence-electron chi connectivity index (χ0n) is 15.9. The van der Waals surface area contributed by atoms with Crippen LogP contribution in [0.4, 0.5) is 0 Å². The van der Waals surface area contributed by atoms with Gasteiger partial charge in [0.15, 0.2) is 0 Å². The zero-order chi connectivity index (χ0) is 19.1. The third kappa shape index (κ3) is 6.16. The molecule has 1 amide bonds. The molecule has 0 bridgehead atoms. The fourth-order valence-corrected chi connectivity index (χ4v) is 3.91. The third-order valence-electron chi connectivity index (χ3n) is 5.15. The van der Waals surface area contributed by atoms with Gasteiger partial charge in [0, 0.05) is 43.6 Å². The van der Waals surface area contributed by atoms with Crippen molar-refractivity contribution in [3.63, 3.8) is 0 Å². The van der Waals surface area contributed by atoms with Crippen molar-refractivity contribution in [2.24, 2.45) is 0 Å². The van der Waals surface area contributed by atoms with Crippen molar-refractivity contribution in [3.05, 3.63) is 70.2 Å². The van der Waals surface area contributed by atoms with Gasteiger partial charge in [0.25, 0.3) is 0 Å². The average Bonchev–Trinajstić information content (AvgIpc) is 2.69. The highest BCUT2D eigenvalue weighted by Crippen LogP contribution is 2.19. The number of nitrogens with zero attached hydrogens (tertiary/aromatic N) is 2. The minimum Gasteiger partial charge on any atom is -0.348 e. The monoisotopic (exact) mass is 429 g/mol. The maximum atomic E-state index is 12.7. The van der Waals surface area contributed by atoms with Crippen LogP contribution >= 0.6 is 15.9 Å². The van der Waals surface area contributed by atoms with Crippen LogP contribution in [-0.2, 0) is 11.2 Å². The van der Waals surface area contributed by atoms with Gasteiger partial charge in [-0.15, -0.1) is 0 Å². The highest BCUT2D eigenvalue weighted by atomic mass is 79.9. The van der Waals surface area contributed by atoms with Crippen LogP contribution in [0.25, 0.3) is 0 Å². The second-order valence-electron chi connectivity index (χ2n) is 7.23. The quantitative estimate of drug-likeness (QED) is 0.731. The van der Waals surface area contributed by atoms with E-state index in [9.17, 15) is 4.79 Å². The van der Waals surface area contributed by atoms with Crippen molar-refractivity contribution >= 4 is 21.8 Å². The molecule has 0 aromatic heterocycles. The molecule has 1 heterocycles. The number of benzene rings is 2. The number of aryl methyl sites for hydroxylation is 1. The summed E-state index contributed by atoms with van der Waals surface area (Å²) in [5.41, 5.74) is 2.34. The second kappa shape index (κ2) is 10.0. The lowest BCUT2D eigenvalue weighted by atomic mass is 10.0. The van der Waals surface area contributed by atoms with Crippen molar-refractivity contribution in [1.29, 1.82) is 0 Å². The highest BCUT2D eigenvalue weighted by Gasteiger charge is 2.21. The Bertz CT molecular complexity index is 729. The number of carbonyl (C=O) groups is 1. The molecule has 1 atom stereocenters. The van der Waals surface area contributed by atoms with Gasteiger partial charge in [-0.05, 0) is 30.7 Å². The van der Waals surface area contributed by atoms with Crippen LogP contribution < -0.4 is 5.32 Å². The van der Waals surface area contributed by atoms with E-state index in [1.54, 1.807) is 0 Å². The Morgan fingerprint density at radius 2 is 1.70 bits per heavy atom. The van der Waals surface area contributed by atoms with Crippen LogP contribution in [0.15, 0.2) is 59.1 Å². The van der Waals surface area contributed by atoms with Crippen molar-refractivity contribution in [2.45, 2.75) is 18.9 Å². The Balaban J connectivity index is 1.60. The Morgan fingerprint density at radius 3 is 2.41 bits per heavy atom. The molecular weight excluding hydrogens is 402 g/mol. The number of piperazine rings is 1. The number of hydrogen-bond donors (Lipinski definition) is 1. The van der Waals surface area contributed by atoms with Crippen LogP contribution in [0.5, 0.6) is 0 Å². The molecule has 5 heteroatoms. The minimum atomic E-state index is 0.0290. The fraction of sp³-hybridized carbons (Fsp3) is 0.409. The Morgan fingerprint density at radius 1 is 1.04 bits per heavy atom. The summed E-state index contributed by atoms with van der Waals surface area (Å²) in [6.45, 7) is 5.12. The largest absolute Gasteiger partial charge is 0.348 e. The van der Waals surface area contributed by atoms with E-state index in [0.29, 0.717) is 6.42 Å². The molecule has 27 heavy (non-hydrogen) atoms. The number of hydrogen-bond acceptors (Lipinski definition) is 3. The van der Waals surface area contributed by atoms with Crippen molar-refractivity contribution < 1.29 is 4.79 Å². The first-order chi connectivity index (χ1) is 13.1. The van der Waals surface area contributed by atoms with E-state index < -0.39 is 0 Å². The highest BCUT2D eigenvalue weighted by molar-refractivity contribution is 9.10. The average molecular weight is 430 g/mol. The van der Waals surface area contributed by atoms with Gasteiger partial charge in [-0.2, -0.15) is 0 Å². The fourth-order valence-electron chi connectivity index (χ4n) is 3.42. The maximum Gasteiger partial charge on any atom is 0.220 e. The van der Waals surface area contributed by atoms with Crippen LogP contribution in [0.3, 0.4) is 0 Å². The molecule has 1 saturated heterocycles. The Labute approximate surface area is 170 Å². The number of rotatable bonds is 7. The van der Waals surface area contributed by atoms with E-state index in [2.05, 4.69) is 56.3 Å². The SMILES string of the molecule is CN1CCN(CC(NC(=O)CCc2ccccc2Br)c2ccccc2)CC1. The molecule has 1 fully saturated rings. The van der Waals surface area contributed by atoms with Gasteiger partial charge >= 0.3 is 0 Å². The van der Waals surface area contributed by atoms with E-state index >= 15 is 0 Å². The smallest absolute Gasteiger partial charge is 0.220 e. The normalized spacial score (nSPS) is 16.8. The van der Waals surface area contributed by atoms with Crippen LogP contribution in [0.2, 0.25) is 0 Å². The lowest BCUT2D eigenvalue weighted by Crippen LogP contribution is -2.47. The first kappa shape index (κ1) is 20.1. The summed E-state index contributed by atoms with van der Waals surface area (Å²) in [6.07, 6.45) is 1.23. The third-order valence-corrected chi connectivity index (χ3v) is 5.93. The van der Waals surface area contributed by atoms with Crippen molar-refractivity contribution in [2.75, 3.05) is 39.8 Å². The predicted molar refractivity (Wildman–Crippen MR) is 114 cm³/mol. The van der Waals surface area contributed by atoms with E-state index in [4.69, 9.17) is 0 Å². The van der Waals surface area contributed by atoms with E-state index in [1.165, 1.54) is 11.1 Å². The summed E-state index contributed by atoms with van der Waals surface area (Å²) in [5, 5.41) is 3.27. The summed E-state index contributed by atoms with van der Waals surface area (Å²) >= 11 is 3.56. The zero-order valence-corrected chi connectivity index (χ0v) is 17.5. The van der Waals surface area contributed by atoms with Crippen molar-refractivity contribution in [3.8, 4) is 0 Å². The summed E-state index contributed by atoms with van der Waals surface area (Å²) in [7, 11) is 2.16. The van der Waals surface area contributed by atoms with Gasteiger partial charge in [-0.3, -0.25) is 9.69 Å². The number of carbonyl (C=O) groups excluding carboxylic acids is 1. The van der Waals surface area contributed by atoms with E-state index in [-0.39, 0.29) is 11.9 Å². The first-order valence-corrected chi connectivity index (χ1v) is 10.4. The van der Waals surface area contributed by atoms with E-state index in [1.807, 2.05) is 36.4 Å². The van der Waals surface area contributed by atoms with Crippen LogP contribution in [0.1, 0.15) is 23.6 Å². The molecule has 1 N–H and O–H groups in total. The summed E-state index contributed by atoms with van der Waals surface area (Å²) in [5.74, 6) is 0.105. The van der Waals surface area contributed by atoms with Gasteiger partial charge in [-0.25, -0.2) is 0 Å². The van der Waals surface area contributed by atoms with Gasteiger partial charge in [0.2, 0.25) is 5.91 Å². The van der Waals surface area contributed by atoms with Crippen LogP contribution in [0, 0.1) is 0 Å². The molecule has 4 nitrogen and oxygen atoms in total. The number of halogens is 1. The van der Waals surface area contributed by atoms with Crippen LogP contribution in [-0.4, -0.2) is 55.5 Å². The number of likely N-dealkylation sites (N-methyl/N-ethyl adjacent to an activating group) is 1. The number of amides is 1. The van der Waals surface area contributed by atoms with Gasteiger partial charge in [-0.1, -0.05) is 64.5 Å². The lowest BCUT2D eigenvalue weighted by Gasteiger charge is -2.35. The molecule has 1 aliphatic rings. The molecule has 0 saturated carbocycles. The Kier molecular flexibility index (Phi) is 7.44. The maximum absolute atomic E-state index is 12.7. The van der Waals surface area contributed by atoms with Gasteiger partial charge in [0.1, 0.15) is 0 Å². The topological polar surface area (TPSA) is 35.6 Å². The number of nitrogens with one attached hydrogen (secondary N) is 1. The molecular formula is C22H28BrN3O. The lowest BCUT2D eigenvalue weighted by molar-refractivity contribution is -0.122. The molecule has 144 valence electrons. The molecule has 1 aliphatic heterocycles. The van der Waals surface area contributed by atoms with Crippen molar-refractivity contribution in [1.82, 2.24) is 15.1 Å². The first-order valence-electron chi connectivity index (χ1n) is 9.60. The molecule has 3 rings (SSSR count). The predicted octanol–water partition coefficient (Wildman–Crippen LogP) is 3.49. The van der Waals surface area contributed by atoms with E-state index in [0.717, 1.165) is 43.6 Å². The molecule has 0 spiro atoms. The molecule has 1 unspecified atom stereocenters. The molecule has 2 aromatic carbocycles. The standard InChI is InChI=1S/C22H28BrN3O/c1-25-13-15-26(16-14-25)17-21(19-8-3-2-4-9-19)24-22(27)12-11-18-7-5-6-10-20(18)23/h2-10,21H,11-17H2,1H3,(H,24,27). The van der Waals surface area contributed by atoms with Gasteiger partial charge < -0.3 is 10.2 Å². The minimum absolute atomic E-state index is 0.0290.